The van der Waals surface area contributed by atoms with Gasteiger partial charge in [0.05, 0.1) is 24.5 Å². The van der Waals surface area contributed by atoms with Gasteiger partial charge in [0.15, 0.2) is 5.82 Å². The van der Waals surface area contributed by atoms with E-state index in [-0.39, 0.29) is 16.8 Å². The van der Waals surface area contributed by atoms with Gasteiger partial charge < -0.3 is 15.4 Å². The van der Waals surface area contributed by atoms with Gasteiger partial charge in [-0.3, -0.25) is 19.3 Å². The topological polar surface area (TPSA) is 94.0 Å². The van der Waals surface area contributed by atoms with Crippen LogP contribution in [0.2, 0.25) is 0 Å². The van der Waals surface area contributed by atoms with Gasteiger partial charge in [0, 0.05) is 60.8 Å². The van der Waals surface area contributed by atoms with Crippen LogP contribution in [0.25, 0.3) is 22.2 Å². The number of methoxy groups -OCH3 is 1. The Labute approximate surface area is 202 Å². The van der Waals surface area contributed by atoms with Crippen LogP contribution in [-0.2, 0) is 19.9 Å². The standard InChI is InChI=1S/C26H27FN6O2/c1-33-24(34)14-23(17-9-10-28-15-20(17)27)32-26(33)30-12-11-29-25-18-5-3-4-6-21(18)31-22-13-16(35-2)7-8-19(22)25/h7-10,13-15H,3-6,11-12H2,1-2H3,(H,29,31)(H,30,32). The molecular weight excluding hydrogens is 447 g/mol. The summed E-state index contributed by atoms with van der Waals surface area (Å²) in [6, 6.07) is 8.80. The predicted octanol–water partition coefficient (Wildman–Crippen LogP) is 3.94. The number of rotatable bonds is 7. The highest BCUT2D eigenvalue weighted by Gasteiger charge is 2.18. The lowest BCUT2D eigenvalue weighted by molar-refractivity contribution is 0.415. The minimum absolute atomic E-state index is 0.240. The summed E-state index contributed by atoms with van der Waals surface area (Å²) in [7, 11) is 3.29. The molecule has 0 amide bonds. The van der Waals surface area contributed by atoms with Gasteiger partial charge in [0.25, 0.3) is 5.56 Å². The molecule has 35 heavy (non-hydrogen) atoms. The summed E-state index contributed by atoms with van der Waals surface area (Å²) < 4.78 is 21.0. The van der Waals surface area contributed by atoms with Crippen LogP contribution in [0.5, 0.6) is 5.75 Å². The average molecular weight is 475 g/mol. The van der Waals surface area contributed by atoms with Gasteiger partial charge in [-0.1, -0.05) is 0 Å². The molecule has 3 heterocycles. The van der Waals surface area contributed by atoms with E-state index in [2.05, 4.69) is 20.6 Å². The van der Waals surface area contributed by atoms with Crippen molar-refractivity contribution in [3.63, 3.8) is 0 Å². The van der Waals surface area contributed by atoms with Crippen LogP contribution in [-0.4, -0.2) is 39.7 Å². The molecule has 0 saturated heterocycles. The minimum atomic E-state index is -0.521. The molecule has 8 nitrogen and oxygen atoms in total. The first kappa shape index (κ1) is 22.8. The molecule has 3 aromatic heterocycles. The normalized spacial score (nSPS) is 12.9. The van der Waals surface area contributed by atoms with Crippen LogP contribution in [0.4, 0.5) is 16.0 Å². The zero-order chi connectivity index (χ0) is 24.4. The SMILES string of the molecule is COc1ccc2c(NCCNc3nc(-c4ccncc4F)cc(=O)n3C)c3c(nc2c1)CCCC3. The van der Waals surface area contributed by atoms with Crippen molar-refractivity contribution in [3.8, 4) is 17.0 Å². The molecule has 0 fully saturated rings. The highest BCUT2D eigenvalue weighted by molar-refractivity contribution is 5.94. The molecule has 1 aromatic carbocycles. The summed E-state index contributed by atoms with van der Waals surface area (Å²) >= 11 is 0. The van der Waals surface area contributed by atoms with Crippen molar-refractivity contribution in [3.05, 3.63) is 70.2 Å². The second-order valence-electron chi connectivity index (χ2n) is 8.57. The first-order chi connectivity index (χ1) is 17.0. The van der Waals surface area contributed by atoms with Crippen molar-refractivity contribution in [2.45, 2.75) is 25.7 Å². The zero-order valence-electron chi connectivity index (χ0n) is 19.8. The fourth-order valence-electron chi connectivity index (χ4n) is 4.51. The van der Waals surface area contributed by atoms with Gasteiger partial charge in [-0.15, -0.1) is 0 Å². The molecule has 0 saturated carbocycles. The number of hydrogen-bond acceptors (Lipinski definition) is 7. The Morgan fingerprint density at radius 2 is 1.91 bits per heavy atom. The number of aryl methyl sites for hydroxylation is 1. The molecule has 2 N–H and O–H groups in total. The smallest absolute Gasteiger partial charge is 0.255 e. The monoisotopic (exact) mass is 474 g/mol. The van der Waals surface area contributed by atoms with Crippen LogP contribution in [0, 0.1) is 5.82 Å². The number of anilines is 2. The molecule has 1 aliphatic carbocycles. The lowest BCUT2D eigenvalue weighted by Crippen LogP contribution is -2.24. The molecule has 0 unspecified atom stereocenters. The molecule has 0 atom stereocenters. The molecule has 5 rings (SSSR count). The number of benzene rings is 1. The van der Waals surface area contributed by atoms with Crippen LogP contribution >= 0.6 is 0 Å². The predicted molar refractivity (Wildman–Crippen MR) is 135 cm³/mol. The van der Waals surface area contributed by atoms with E-state index in [1.807, 2.05) is 18.2 Å². The maximum Gasteiger partial charge on any atom is 0.255 e. The largest absolute Gasteiger partial charge is 0.497 e. The van der Waals surface area contributed by atoms with Gasteiger partial charge in [-0.25, -0.2) is 9.37 Å². The third kappa shape index (κ3) is 4.53. The van der Waals surface area contributed by atoms with Crippen molar-refractivity contribution >= 4 is 22.5 Å². The Balaban J connectivity index is 1.37. The van der Waals surface area contributed by atoms with E-state index in [1.54, 1.807) is 14.2 Å². The molecule has 4 aromatic rings. The highest BCUT2D eigenvalue weighted by Crippen LogP contribution is 2.34. The first-order valence-electron chi connectivity index (χ1n) is 11.7. The van der Waals surface area contributed by atoms with Crippen molar-refractivity contribution in [2.24, 2.45) is 7.05 Å². The molecular formula is C26H27FN6O2. The molecule has 0 aliphatic heterocycles. The molecule has 0 radical (unpaired) electrons. The summed E-state index contributed by atoms with van der Waals surface area (Å²) in [5.41, 5.74) is 4.67. The number of fused-ring (bicyclic) bond motifs is 2. The highest BCUT2D eigenvalue weighted by atomic mass is 19.1. The number of ether oxygens (including phenoxy) is 1. The van der Waals surface area contributed by atoms with E-state index in [4.69, 9.17) is 9.72 Å². The number of nitrogens with zero attached hydrogens (tertiary/aromatic N) is 4. The molecule has 1 aliphatic rings. The van der Waals surface area contributed by atoms with Crippen LogP contribution in [0.3, 0.4) is 0 Å². The maximum atomic E-state index is 14.2. The number of aromatic nitrogens is 4. The summed E-state index contributed by atoms with van der Waals surface area (Å²) in [6.45, 7) is 1.11. The van der Waals surface area contributed by atoms with E-state index in [9.17, 15) is 9.18 Å². The van der Waals surface area contributed by atoms with Crippen LogP contribution in [0.1, 0.15) is 24.1 Å². The van der Waals surface area contributed by atoms with E-state index in [1.165, 1.54) is 28.5 Å². The lowest BCUT2D eigenvalue weighted by atomic mass is 9.92. The maximum absolute atomic E-state index is 14.2. The van der Waals surface area contributed by atoms with Gasteiger partial charge >= 0.3 is 0 Å². The van der Waals surface area contributed by atoms with Gasteiger partial charge in [0.2, 0.25) is 5.95 Å². The third-order valence-electron chi connectivity index (χ3n) is 6.36. The van der Waals surface area contributed by atoms with Crippen molar-refractivity contribution < 1.29 is 9.13 Å². The number of halogens is 1. The summed E-state index contributed by atoms with van der Waals surface area (Å²) in [5.74, 6) is 0.634. The van der Waals surface area contributed by atoms with E-state index in [0.29, 0.717) is 19.0 Å². The quantitative estimate of drug-likeness (QED) is 0.392. The van der Waals surface area contributed by atoms with Crippen molar-refractivity contribution in [2.75, 3.05) is 30.8 Å². The Kier molecular flexibility index (Phi) is 6.31. The Morgan fingerprint density at radius 3 is 2.74 bits per heavy atom. The van der Waals surface area contributed by atoms with Crippen molar-refractivity contribution in [1.82, 2.24) is 19.5 Å². The van der Waals surface area contributed by atoms with E-state index < -0.39 is 5.82 Å². The van der Waals surface area contributed by atoms with E-state index in [0.717, 1.165) is 59.9 Å². The Bertz CT molecular complexity index is 1450. The van der Waals surface area contributed by atoms with Crippen molar-refractivity contribution in [1.29, 1.82) is 0 Å². The zero-order valence-corrected chi connectivity index (χ0v) is 19.8. The molecule has 0 spiro atoms. The molecule has 9 heteroatoms. The van der Waals surface area contributed by atoms with E-state index >= 15 is 0 Å². The van der Waals surface area contributed by atoms with Crippen LogP contribution < -0.4 is 20.9 Å². The number of nitrogens with one attached hydrogen (secondary N) is 2. The fraction of sp³-hybridized carbons (Fsp3) is 0.308. The Hall–Kier alpha value is -4.01. The third-order valence-corrected chi connectivity index (χ3v) is 6.36. The first-order valence-corrected chi connectivity index (χ1v) is 11.7. The fourth-order valence-corrected chi connectivity index (χ4v) is 4.51. The van der Waals surface area contributed by atoms with Crippen LogP contribution in [0.15, 0.2) is 47.5 Å². The van der Waals surface area contributed by atoms with Gasteiger partial charge in [0.1, 0.15) is 5.75 Å². The van der Waals surface area contributed by atoms with Gasteiger partial charge in [-0.05, 0) is 49.4 Å². The number of pyridine rings is 2. The average Bonchev–Trinajstić information content (AvgIpc) is 2.88. The van der Waals surface area contributed by atoms with Gasteiger partial charge in [-0.2, -0.15) is 0 Å². The second-order valence-corrected chi connectivity index (χ2v) is 8.57. The molecule has 0 bridgehead atoms. The summed E-state index contributed by atoms with van der Waals surface area (Å²) in [6.07, 6.45) is 6.85. The lowest BCUT2D eigenvalue weighted by Gasteiger charge is -2.22. The number of hydrogen-bond donors (Lipinski definition) is 2. The summed E-state index contributed by atoms with van der Waals surface area (Å²) in [5, 5.41) is 7.86. The second kappa shape index (κ2) is 9.69. The molecule has 180 valence electrons. The summed E-state index contributed by atoms with van der Waals surface area (Å²) in [4.78, 5) is 25.6. The Morgan fingerprint density at radius 1 is 1.09 bits per heavy atom. The minimum Gasteiger partial charge on any atom is -0.497 e.